The Morgan fingerprint density at radius 3 is 2.30 bits per heavy atom. The zero-order valence-electron chi connectivity index (χ0n) is 16.7. The highest BCUT2D eigenvalue weighted by molar-refractivity contribution is 5.14. The molecule has 8 nitrogen and oxygen atoms in total. The fourth-order valence-electron chi connectivity index (χ4n) is 3.20. The average Bonchev–Trinajstić information content (AvgIpc) is 3.08. The molecule has 1 fully saturated rings. The van der Waals surface area contributed by atoms with Crippen molar-refractivity contribution in [1.82, 2.24) is 0 Å². The van der Waals surface area contributed by atoms with E-state index in [1.807, 2.05) is 60.7 Å². The van der Waals surface area contributed by atoms with E-state index in [2.05, 4.69) is 10.0 Å². The Balaban J connectivity index is 1.54. The molecule has 8 heteroatoms. The lowest BCUT2D eigenvalue weighted by Gasteiger charge is -2.21. The zero-order valence-corrected chi connectivity index (χ0v) is 16.7. The predicted octanol–water partition coefficient (Wildman–Crippen LogP) is 3.59. The van der Waals surface area contributed by atoms with Gasteiger partial charge in [-0.1, -0.05) is 65.8 Å². The Bertz CT molecular complexity index is 786. The second-order valence-corrected chi connectivity index (χ2v) is 6.97. The molecule has 3 rings (SSSR count). The van der Waals surface area contributed by atoms with E-state index in [4.69, 9.17) is 24.5 Å². The van der Waals surface area contributed by atoms with Crippen molar-refractivity contribution < 1.29 is 24.1 Å². The van der Waals surface area contributed by atoms with Crippen LogP contribution >= 0.6 is 0 Å². The van der Waals surface area contributed by atoms with E-state index in [1.165, 1.54) is 0 Å². The lowest BCUT2D eigenvalue weighted by Crippen LogP contribution is -2.37. The fraction of sp³-hybridized carbons (Fsp3) is 0.455. The van der Waals surface area contributed by atoms with Crippen molar-refractivity contribution in [2.24, 2.45) is 5.11 Å². The van der Waals surface area contributed by atoms with E-state index in [9.17, 15) is 5.11 Å². The highest BCUT2D eigenvalue weighted by atomic mass is 16.7. The molecule has 0 radical (unpaired) electrons. The van der Waals surface area contributed by atoms with Crippen LogP contribution in [-0.2, 0) is 32.2 Å². The minimum Gasteiger partial charge on any atom is -0.385 e. The molecular weight excluding hydrogens is 386 g/mol. The summed E-state index contributed by atoms with van der Waals surface area (Å²) in [4.78, 5) is 2.71. The van der Waals surface area contributed by atoms with Gasteiger partial charge in [-0.25, -0.2) is 0 Å². The summed E-state index contributed by atoms with van der Waals surface area (Å²) in [7, 11) is 0. The zero-order chi connectivity index (χ0) is 21.0. The van der Waals surface area contributed by atoms with E-state index in [1.54, 1.807) is 0 Å². The molecule has 0 bridgehead atoms. The Hall–Kier alpha value is -2.45. The van der Waals surface area contributed by atoms with Crippen molar-refractivity contribution in [2.75, 3.05) is 19.8 Å². The number of nitrogens with zero attached hydrogens (tertiary/aromatic N) is 3. The molecule has 0 aliphatic carbocycles. The molecule has 0 unspecified atom stereocenters. The molecule has 1 heterocycles. The smallest absolute Gasteiger partial charge is 0.186 e. The molecule has 1 saturated heterocycles. The molecule has 1 aliphatic heterocycles. The summed E-state index contributed by atoms with van der Waals surface area (Å²) in [5, 5.41) is 14.2. The minimum absolute atomic E-state index is 0.268. The third-order valence-electron chi connectivity index (χ3n) is 4.72. The molecular formula is C22H27N3O5. The van der Waals surface area contributed by atoms with E-state index in [0.717, 1.165) is 11.1 Å². The topological polar surface area (TPSA) is 106 Å². The Kier molecular flexibility index (Phi) is 9.11. The summed E-state index contributed by atoms with van der Waals surface area (Å²) in [5.74, 6) is 0. The Morgan fingerprint density at radius 1 is 0.967 bits per heavy atom. The number of ether oxygens (including phenoxy) is 4. The molecule has 2 aromatic rings. The first kappa shape index (κ1) is 22.2. The summed E-state index contributed by atoms with van der Waals surface area (Å²) in [6.07, 6.45) is -2.26. The highest BCUT2D eigenvalue weighted by Gasteiger charge is 2.45. The largest absolute Gasteiger partial charge is 0.385 e. The van der Waals surface area contributed by atoms with Crippen LogP contribution in [0.15, 0.2) is 65.8 Å². The summed E-state index contributed by atoms with van der Waals surface area (Å²) >= 11 is 0. The molecule has 1 N–H and O–H groups in total. The van der Waals surface area contributed by atoms with E-state index in [0.29, 0.717) is 32.8 Å². The van der Waals surface area contributed by atoms with Crippen LogP contribution in [-0.4, -0.2) is 49.5 Å². The van der Waals surface area contributed by atoms with Crippen molar-refractivity contribution >= 4 is 0 Å². The molecule has 4 atom stereocenters. The van der Waals surface area contributed by atoms with Crippen molar-refractivity contribution in [3.63, 3.8) is 0 Å². The quantitative estimate of drug-likeness (QED) is 0.248. The van der Waals surface area contributed by atoms with Crippen LogP contribution in [0.3, 0.4) is 0 Å². The maximum atomic E-state index is 10.7. The first-order valence-corrected chi connectivity index (χ1v) is 10.0. The second kappa shape index (κ2) is 12.3. The van der Waals surface area contributed by atoms with Gasteiger partial charge in [0, 0.05) is 18.1 Å². The first-order chi connectivity index (χ1) is 14.8. The molecule has 0 spiro atoms. The average molecular weight is 413 g/mol. The van der Waals surface area contributed by atoms with Crippen LogP contribution in [0.25, 0.3) is 10.4 Å². The number of aliphatic hydroxyl groups excluding tert-OH is 1. The van der Waals surface area contributed by atoms with E-state index >= 15 is 0 Å². The van der Waals surface area contributed by atoms with Gasteiger partial charge in [-0.3, -0.25) is 0 Å². The van der Waals surface area contributed by atoms with Gasteiger partial charge in [0.05, 0.1) is 19.8 Å². The van der Waals surface area contributed by atoms with Gasteiger partial charge in [-0.15, -0.1) is 0 Å². The van der Waals surface area contributed by atoms with Crippen molar-refractivity contribution in [3.8, 4) is 0 Å². The lowest BCUT2D eigenvalue weighted by atomic mass is 10.1. The number of benzene rings is 2. The maximum Gasteiger partial charge on any atom is 0.186 e. The van der Waals surface area contributed by atoms with Crippen LogP contribution in [0, 0.1) is 0 Å². The van der Waals surface area contributed by atoms with Crippen molar-refractivity contribution in [1.29, 1.82) is 0 Å². The summed E-state index contributed by atoms with van der Waals surface area (Å²) < 4.78 is 23.3. The van der Waals surface area contributed by atoms with Crippen molar-refractivity contribution in [2.45, 2.75) is 44.2 Å². The third-order valence-corrected chi connectivity index (χ3v) is 4.72. The van der Waals surface area contributed by atoms with Gasteiger partial charge in [0.2, 0.25) is 0 Å². The maximum absolute atomic E-state index is 10.7. The molecule has 0 aromatic heterocycles. The standard InChI is InChI=1S/C22H27N3O5/c23-25-24-12-7-13-28-22-20(26)21(29-15-18-10-5-2-6-11-18)19(30-22)16-27-14-17-8-3-1-4-9-17/h1-6,8-11,19-22,26H,7,12-16H2/t19-,20+,21-,22+/m0/s1. The Labute approximate surface area is 176 Å². The second-order valence-electron chi connectivity index (χ2n) is 6.97. The molecule has 1 aliphatic rings. The van der Waals surface area contributed by atoms with Gasteiger partial charge in [0.15, 0.2) is 6.29 Å². The first-order valence-electron chi connectivity index (χ1n) is 10.0. The van der Waals surface area contributed by atoms with E-state index in [-0.39, 0.29) is 6.61 Å². The summed E-state index contributed by atoms with van der Waals surface area (Å²) in [6.45, 7) is 1.70. The number of aliphatic hydroxyl groups is 1. The minimum atomic E-state index is -0.946. The van der Waals surface area contributed by atoms with E-state index < -0.39 is 24.6 Å². The van der Waals surface area contributed by atoms with Crippen LogP contribution < -0.4 is 0 Å². The van der Waals surface area contributed by atoms with Gasteiger partial charge >= 0.3 is 0 Å². The van der Waals surface area contributed by atoms with Crippen LogP contribution in [0.4, 0.5) is 0 Å². The van der Waals surface area contributed by atoms with Gasteiger partial charge in [-0.05, 0) is 23.1 Å². The summed E-state index contributed by atoms with van der Waals surface area (Å²) in [5.41, 5.74) is 10.4. The highest BCUT2D eigenvalue weighted by Crippen LogP contribution is 2.26. The molecule has 2 aromatic carbocycles. The predicted molar refractivity (Wildman–Crippen MR) is 110 cm³/mol. The lowest BCUT2D eigenvalue weighted by molar-refractivity contribution is -0.172. The Morgan fingerprint density at radius 2 is 1.63 bits per heavy atom. The van der Waals surface area contributed by atoms with Gasteiger partial charge < -0.3 is 24.1 Å². The monoisotopic (exact) mass is 413 g/mol. The number of azide groups is 1. The normalized spacial score (nSPS) is 23.2. The SMILES string of the molecule is [N-]=[N+]=NCCCO[C@@H]1O[C@@H](COCc2ccccc2)[C@H](OCc2ccccc2)[C@H]1O. The molecule has 0 amide bonds. The molecule has 30 heavy (non-hydrogen) atoms. The molecule has 0 saturated carbocycles. The van der Waals surface area contributed by atoms with Gasteiger partial charge in [0.25, 0.3) is 0 Å². The van der Waals surface area contributed by atoms with Gasteiger partial charge in [0.1, 0.15) is 18.3 Å². The molecule has 160 valence electrons. The van der Waals surface area contributed by atoms with Crippen LogP contribution in [0.2, 0.25) is 0 Å². The third kappa shape index (κ3) is 6.81. The number of hydrogen-bond acceptors (Lipinski definition) is 6. The van der Waals surface area contributed by atoms with Crippen LogP contribution in [0.1, 0.15) is 17.5 Å². The van der Waals surface area contributed by atoms with Crippen molar-refractivity contribution in [3.05, 3.63) is 82.2 Å². The summed E-state index contributed by atoms with van der Waals surface area (Å²) in [6, 6.07) is 19.6. The fourth-order valence-corrected chi connectivity index (χ4v) is 3.20. The number of rotatable bonds is 12. The van der Waals surface area contributed by atoms with Gasteiger partial charge in [-0.2, -0.15) is 0 Å². The number of hydrogen-bond donors (Lipinski definition) is 1. The van der Waals surface area contributed by atoms with Crippen LogP contribution in [0.5, 0.6) is 0 Å².